The normalized spacial score (nSPS) is 11.8. The van der Waals surface area contributed by atoms with Gasteiger partial charge in [0.1, 0.15) is 11.6 Å². The molecular formula is C29H31FN6O2. The van der Waals surface area contributed by atoms with E-state index in [1.54, 1.807) is 37.5 Å². The van der Waals surface area contributed by atoms with Gasteiger partial charge in [0.05, 0.1) is 11.3 Å². The number of rotatable bonds is 9. The molecule has 4 rings (SSSR count). The van der Waals surface area contributed by atoms with E-state index in [4.69, 9.17) is 4.98 Å². The number of nitrogens with one attached hydrogen (secondary N) is 2. The summed E-state index contributed by atoms with van der Waals surface area (Å²) >= 11 is 0. The van der Waals surface area contributed by atoms with Crippen LogP contribution < -0.4 is 16.2 Å². The molecule has 2 aromatic heterocycles. The smallest absolute Gasteiger partial charge is 0.263 e. The number of nitrogens with zero attached hydrogens (tertiary/aromatic N) is 4. The van der Waals surface area contributed by atoms with Crippen molar-refractivity contribution in [2.75, 3.05) is 31.3 Å². The molecule has 0 aliphatic carbocycles. The van der Waals surface area contributed by atoms with Gasteiger partial charge in [0, 0.05) is 38.3 Å². The first-order valence-electron chi connectivity index (χ1n) is 12.3. The number of hydrogen-bond donors (Lipinski definition) is 2. The molecule has 0 radical (unpaired) electrons. The number of carbonyl (C=O) groups excluding carboxylic acids is 1. The molecule has 0 saturated carbocycles. The minimum Gasteiger partial charge on any atom is -0.354 e. The standard InChI is InChI=1S/C29H31FN6O2/c1-19(37)33-25-17-22(14-15-31-25)27-26(21-10-12-23(30)13-11-21)28(38)36(4)29(34-27)32-18-24(35(2)3)16-20-8-6-5-7-9-20/h5-15,17,24H,16,18H2,1-4H3,(H,32,34)(H,31,33,37)/t24-/m1/s1. The third-order valence-corrected chi connectivity index (χ3v) is 6.30. The van der Waals surface area contributed by atoms with Crippen LogP contribution in [0.25, 0.3) is 22.4 Å². The van der Waals surface area contributed by atoms with Crippen LogP contribution in [0.2, 0.25) is 0 Å². The van der Waals surface area contributed by atoms with E-state index in [0.29, 0.717) is 40.7 Å². The molecule has 0 unspecified atom stereocenters. The van der Waals surface area contributed by atoms with Crippen molar-refractivity contribution in [1.29, 1.82) is 0 Å². The van der Waals surface area contributed by atoms with Gasteiger partial charge < -0.3 is 15.5 Å². The minimum atomic E-state index is -0.400. The molecule has 1 atom stereocenters. The molecule has 2 aromatic carbocycles. The van der Waals surface area contributed by atoms with Crippen molar-refractivity contribution in [3.05, 3.63) is 94.7 Å². The van der Waals surface area contributed by atoms with Gasteiger partial charge in [-0.1, -0.05) is 42.5 Å². The van der Waals surface area contributed by atoms with E-state index in [1.165, 1.54) is 29.2 Å². The Morgan fingerprint density at radius 1 is 1.05 bits per heavy atom. The topological polar surface area (TPSA) is 92.2 Å². The van der Waals surface area contributed by atoms with Crippen molar-refractivity contribution >= 4 is 17.7 Å². The molecule has 0 aliphatic heterocycles. The first-order chi connectivity index (χ1) is 18.2. The SMILES string of the molecule is CC(=O)Nc1cc(-c2nc(NC[C@@H](Cc3ccccc3)N(C)C)n(C)c(=O)c2-c2ccc(F)cc2)ccn1. The van der Waals surface area contributed by atoms with E-state index in [1.807, 2.05) is 32.3 Å². The fraction of sp³-hybridized carbons (Fsp3) is 0.241. The number of aromatic nitrogens is 3. The minimum absolute atomic E-state index is 0.141. The van der Waals surface area contributed by atoms with Gasteiger partial charge in [-0.25, -0.2) is 14.4 Å². The average molecular weight is 515 g/mol. The van der Waals surface area contributed by atoms with Gasteiger partial charge in [-0.3, -0.25) is 14.2 Å². The molecule has 9 heteroatoms. The highest BCUT2D eigenvalue weighted by molar-refractivity contribution is 5.89. The van der Waals surface area contributed by atoms with Crippen molar-refractivity contribution in [2.24, 2.45) is 7.05 Å². The van der Waals surface area contributed by atoms with E-state index < -0.39 is 5.82 Å². The maximum atomic E-state index is 13.7. The van der Waals surface area contributed by atoms with Crippen molar-refractivity contribution in [3.63, 3.8) is 0 Å². The number of anilines is 2. The van der Waals surface area contributed by atoms with Crippen LogP contribution in [0.15, 0.2) is 77.7 Å². The predicted molar refractivity (Wildman–Crippen MR) is 149 cm³/mol. The Morgan fingerprint density at radius 2 is 1.76 bits per heavy atom. The van der Waals surface area contributed by atoms with E-state index in [-0.39, 0.29) is 17.5 Å². The summed E-state index contributed by atoms with van der Waals surface area (Å²) < 4.78 is 15.1. The molecule has 1 amide bonds. The monoisotopic (exact) mass is 514 g/mol. The number of pyridine rings is 1. The lowest BCUT2D eigenvalue weighted by Gasteiger charge is -2.26. The number of hydrogen-bond acceptors (Lipinski definition) is 6. The molecule has 38 heavy (non-hydrogen) atoms. The predicted octanol–water partition coefficient (Wildman–Crippen LogP) is 4.19. The van der Waals surface area contributed by atoms with Crippen LogP contribution in [0.3, 0.4) is 0 Å². The second-order valence-corrected chi connectivity index (χ2v) is 9.33. The van der Waals surface area contributed by atoms with E-state index in [0.717, 1.165) is 6.42 Å². The van der Waals surface area contributed by atoms with Crippen LogP contribution in [0.1, 0.15) is 12.5 Å². The molecule has 0 spiro atoms. The molecule has 0 aliphatic rings. The molecule has 0 fully saturated rings. The maximum Gasteiger partial charge on any atom is 0.263 e. The largest absolute Gasteiger partial charge is 0.354 e. The van der Waals surface area contributed by atoms with Gasteiger partial charge in [0.2, 0.25) is 11.9 Å². The zero-order valence-corrected chi connectivity index (χ0v) is 21.9. The van der Waals surface area contributed by atoms with Crippen LogP contribution in [0, 0.1) is 5.82 Å². The van der Waals surface area contributed by atoms with Crippen LogP contribution in [0.4, 0.5) is 16.2 Å². The highest BCUT2D eigenvalue weighted by Crippen LogP contribution is 2.30. The number of halogens is 1. The quantitative estimate of drug-likeness (QED) is 0.348. The van der Waals surface area contributed by atoms with Crippen LogP contribution >= 0.6 is 0 Å². The van der Waals surface area contributed by atoms with E-state index in [9.17, 15) is 14.0 Å². The third kappa shape index (κ3) is 6.30. The Kier molecular flexibility index (Phi) is 8.28. The molecular weight excluding hydrogens is 483 g/mol. The summed E-state index contributed by atoms with van der Waals surface area (Å²) in [5, 5.41) is 6.03. The molecule has 8 nitrogen and oxygen atoms in total. The van der Waals surface area contributed by atoms with E-state index >= 15 is 0 Å². The lowest BCUT2D eigenvalue weighted by Crippen LogP contribution is -2.37. The Morgan fingerprint density at radius 3 is 2.42 bits per heavy atom. The lowest BCUT2D eigenvalue weighted by atomic mass is 10.0. The number of carbonyl (C=O) groups is 1. The van der Waals surface area contributed by atoms with Gasteiger partial charge in [0.15, 0.2) is 0 Å². The number of benzene rings is 2. The van der Waals surface area contributed by atoms with Crippen LogP contribution in [-0.4, -0.2) is 52.0 Å². The Balaban J connectivity index is 1.76. The molecule has 2 N–H and O–H groups in total. The molecule has 0 saturated heterocycles. The van der Waals surface area contributed by atoms with Crippen molar-refractivity contribution in [2.45, 2.75) is 19.4 Å². The maximum absolute atomic E-state index is 13.7. The molecule has 0 bridgehead atoms. The van der Waals surface area contributed by atoms with Gasteiger partial charge >= 0.3 is 0 Å². The number of amides is 1. The van der Waals surface area contributed by atoms with Crippen molar-refractivity contribution < 1.29 is 9.18 Å². The molecule has 196 valence electrons. The fourth-order valence-electron chi connectivity index (χ4n) is 4.20. The second-order valence-electron chi connectivity index (χ2n) is 9.33. The highest BCUT2D eigenvalue weighted by atomic mass is 19.1. The zero-order chi connectivity index (χ0) is 27.2. The Bertz CT molecular complexity index is 1470. The first kappa shape index (κ1) is 26.7. The summed E-state index contributed by atoms with van der Waals surface area (Å²) in [7, 11) is 5.70. The van der Waals surface area contributed by atoms with Gasteiger partial charge in [0.25, 0.3) is 5.56 Å². The lowest BCUT2D eigenvalue weighted by molar-refractivity contribution is -0.114. The Labute approximate surface area is 221 Å². The van der Waals surface area contributed by atoms with Crippen LogP contribution in [-0.2, 0) is 18.3 Å². The van der Waals surface area contributed by atoms with Crippen LogP contribution in [0.5, 0.6) is 0 Å². The molecule has 4 aromatic rings. The molecule has 2 heterocycles. The van der Waals surface area contributed by atoms with Gasteiger partial charge in [-0.2, -0.15) is 0 Å². The van der Waals surface area contributed by atoms with Gasteiger partial charge in [-0.05, 0) is 55.9 Å². The summed E-state index contributed by atoms with van der Waals surface area (Å²) in [6.45, 7) is 1.94. The average Bonchev–Trinajstić information content (AvgIpc) is 2.89. The summed E-state index contributed by atoms with van der Waals surface area (Å²) in [5.41, 5.74) is 2.79. The number of likely N-dealkylation sites (N-methyl/N-ethyl adjacent to an activating group) is 1. The summed E-state index contributed by atoms with van der Waals surface area (Å²) in [5.74, 6) is 0.0745. The highest BCUT2D eigenvalue weighted by Gasteiger charge is 2.20. The van der Waals surface area contributed by atoms with E-state index in [2.05, 4.69) is 32.7 Å². The third-order valence-electron chi connectivity index (χ3n) is 6.30. The van der Waals surface area contributed by atoms with Crippen molar-refractivity contribution in [1.82, 2.24) is 19.4 Å². The summed E-state index contributed by atoms with van der Waals surface area (Å²) in [4.78, 5) is 36.5. The first-order valence-corrected chi connectivity index (χ1v) is 12.3. The second kappa shape index (κ2) is 11.8. The fourth-order valence-corrected chi connectivity index (χ4v) is 4.20. The van der Waals surface area contributed by atoms with Crippen molar-refractivity contribution in [3.8, 4) is 22.4 Å². The summed E-state index contributed by atoms with van der Waals surface area (Å²) in [6.07, 6.45) is 2.36. The Hall–Kier alpha value is -4.37. The zero-order valence-electron chi connectivity index (χ0n) is 21.9. The summed E-state index contributed by atoms with van der Waals surface area (Å²) in [6, 6.07) is 19.5. The van der Waals surface area contributed by atoms with Gasteiger partial charge in [-0.15, -0.1) is 0 Å².